The van der Waals surface area contributed by atoms with E-state index in [9.17, 15) is 0 Å². The molecule has 0 aliphatic rings. The molecule has 0 radical (unpaired) electrons. The average Bonchev–Trinajstić information content (AvgIpc) is 2.37. The van der Waals surface area contributed by atoms with E-state index in [1.54, 1.807) is 12.3 Å². The third kappa shape index (κ3) is 2.77. The fourth-order valence-corrected chi connectivity index (χ4v) is 1.71. The van der Waals surface area contributed by atoms with Crippen LogP contribution >= 0.6 is 0 Å². The molecule has 0 bridgehead atoms. The van der Waals surface area contributed by atoms with Crippen molar-refractivity contribution < 1.29 is 0 Å². The molecule has 90 valence electrons. The Balaban J connectivity index is 2.14. The fourth-order valence-electron chi connectivity index (χ4n) is 1.71. The fraction of sp³-hybridized carbons (Fsp3) is 0.143. The summed E-state index contributed by atoms with van der Waals surface area (Å²) in [6, 6.07) is 11.9. The molecule has 0 spiro atoms. The molecule has 1 heterocycles. The highest BCUT2D eigenvalue weighted by Gasteiger charge is 2.03. The second-order valence-corrected chi connectivity index (χ2v) is 4.12. The molecule has 0 aliphatic heterocycles. The molecule has 0 atom stereocenters. The lowest BCUT2D eigenvalue weighted by Gasteiger charge is -2.08. The monoisotopic (exact) mass is 238 g/mol. The Kier molecular flexibility index (Phi) is 3.44. The lowest BCUT2D eigenvalue weighted by atomic mass is 10.1. The number of nitriles is 1. The zero-order valence-electron chi connectivity index (χ0n) is 10.1. The molecule has 4 heteroatoms. The zero-order valence-corrected chi connectivity index (χ0v) is 10.1. The van der Waals surface area contributed by atoms with Gasteiger partial charge in [-0.3, -0.25) is 0 Å². The lowest BCUT2D eigenvalue weighted by Crippen LogP contribution is -2.04. The number of nitrogens with zero attached hydrogens (tertiary/aromatic N) is 2. The quantitative estimate of drug-likeness (QED) is 0.861. The first-order valence-corrected chi connectivity index (χ1v) is 5.64. The molecule has 4 nitrogen and oxygen atoms in total. The molecule has 2 aromatic rings. The predicted octanol–water partition coefficient (Wildman–Crippen LogP) is 2.46. The van der Waals surface area contributed by atoms with E-state index in [1.165, 1.54) is 5.56 Å². The average molecular weight is 238 g/mol. The predicted molar refractivity (Wildman–Crippen MR) is 71.9 cm³/mol. The number of aromatic nitrogens is 1. The van der Waals surface area contributed by atoms with Gasteiger partial charge in [0, 0.05) is 6.54 Å². The largest absolute Gasteiger partial charge is 0.397 e. The topological polar surface area (TPSA) is 74.7 Å². The molecule has 0 amide bonds. The minimum absolute atomic E-state index is 0.461. The summed E-state index contributed by atoms with van der Waals surface area (Å²) in [6.07, 6.45) is 1.54. The van der Waals surface area contributed by atoms with Gasteiger partial charge in [0.05, 0.1) is 17.4 Å². The highest BCUT2D eigenvalue weighted by atomic mass is 15.0. The third-order valence-corrected chi connectivity index (χ3v) is 2.57. The van der Waals surface area contributed by atoms with E-state index in [0.29, 0.717) is 23.6 Å². The maximum absolute atomic E-state index is 9.00. The van der Waals surface area contributed by atoms with Gasteiger partial charge < -0.3 is 11.1 Å². The Labute approximate surface area is 106 Å². The number of nitrogen functional groups attached to an aromatic ring is 1. The van der Waals surface area contributed by atoms with E-state index in [2.05, 4.69) is 22.4 Å². The van der Waals surface area contributed by atoms with Crippen molar-refractivity contribution in [2.45, 2.75) is 13.5 Å². The van der Waals surface area contributed by atoms with Gasteiger partial charge in [0.15, 0.2) is 0 Å². The first-order chi connectivity index (χ1) is 8.69. The molecule has 0 fully saturated rings. The molecule has 2 rings (SSSR count). The molecule has 1 aromatic heterocycles. The van der Waals surface area contributed by atoms with Crippen LogP contribution in [-0.2, 0) is 6.54 Å². The van der Waals surface area contributed by atoms with Gasteiger partial charge in [0.2, 0.25) is 0 Å². The van der Waals surface area contributed by atoms with Gasteiger partial charge in [0.1, 0.15) is 11.9 Å². The van der Waals surface area contributed by atoms with E-state index in [0.717, 1.165) is 5.56 Å². The molecule has 0 unspecified atom stereocenters. The standard InChI is InChI=1S/C14H14N4/c1-10-3-2-4-11(5-10)8-17-14-12(7-15)6-13(16)9-18-14/h2-6,9H,8,16H2,1H3,(H,17,18). The number of nitrogens with two attached hydrogens (primary N) is 1. The minimum Gasteiger partial charge on any atom is -0.397 e. The lowest BCUT2D eigenvalue weighted by molar-refractivity contribution is 1.10. The van der Waals surface area contributed by atoms with E-state index in [-0.39, 0.29) is 0 Å². The van der Waals surface area contributed by atoms with E-state index >= 15 is 0 Å². The van der Waals surface area contributed by atoms with Crippen LogP contribution < -0.4 is 11.1 Å². The van der Waals surface area contributed by atoms with Crippen molar-refractivity contribution in [3.05, 3.63) is 53.2 Å². The Bertz CT molecular complexity index is 599. The van der Waals surface area contributed by atoms with Gasteiger partial charge in [0.25, 0.3) is 0 Å². The summed E-state index contributed by atoms with van der Waals surface area (Å²) in [6.45, 7) is 2.68. The van der Waals surface area contributed by atoms with Crippen LogP contribution in [0, 0.1) is 18.3 Å². The van der Waals surface area contributed by atoms with Crippen LogP contribution in [0.15, 0.2) is 36.5 Å². The highest BCUT2D eigenvalue weighted by molar-refractivity contribution is 5.57. The number of pyridine rings is 1. The maximum Gasteiger partial charge on any atom is 0.144 e. The number of rotatable bonds is 3. The summed E-state index contributed by atoms with van der Waals surface area (Å²) in [7, 11) is 0. The van der Waals surface area contributed by atoms with Crippen molar-refractivity contribution in [1.29, 1.82) is 5.26 Å². The third-order valence-electron chi connectivity index (χ3n) is 2.57. The van der Waals surface area contributed by atoms with Gasteiger partial charge in [-0.25, -0.2) is 4.98 Å². The summed E-state index contributed by atoms with van der Waals surface area (Å²) in [5.74, 6) is 0.563. The molecule has 1 aromatic carbocycles. The SMILES string of the molecule is Cc1cccc(CNc2ncc(N)cc2C#N)c1. The maximum atomic E-state index is 9.00. The van der Waals surface area contributed by atoms with E-state index < -0.39 is 0 Å². The highest BCUT2D eigenvalue weighted by Crippen LogP contribution is 2.15. The van der Waals surface area contributed by atoms with Crippen LogP contribution in [-0.4, -0.2) is 4.98 Å². The first kappa shape index (κ1) is 11.9. The second kappa shape index (κ2) is 5.19. The van der Waals surface area contributed by atoms with Crippen LogP contribution in [0.25, 0.3) is 0 Å². The molecule has 18 heavy (non-hydrogen) atoms. The summed E-state index contributed by atoms with van der Waals surface area (Å²) in [4.78, 5) is 4.13. The number of nitrogens with one attached hydrogen (secondary N) is 1. The number of hydrogen-bond donors (Lipinski definition) is 2. The van der Waals surface area contributed by atoms with Crippen LogP contribution in [0.3, 0.4) is 0 Å². The van der Waals surface area contributed by atoms with Crippen LogP contribution in [0.5, 0.6) is 0 Å². The number of benzene rings is 1. The van der Waals surface area contributed by atoms with Crippen molar-refractivity contribution in [3.63, 3.8) is 0 Å². The molecular weight excluding hydrogens is 224 g/mol. The van der Waals surface area contributed by atoms with Crippen molar-refractivity contribution >= 4 is 11.5 Å². The van der Waals surface area contributed by atoms with Gasteiger partial charge >= 0.3 is 0 Å². The normalized spacial score (nSPS) is 9.78. The first-order valence-electron chi connectivity index (χ1n) is 5.64. The van der Waals surface area contributed by atoms with Gasteiger partial charge in [-0.15, -0.1) is 0 Å². The minimum atomic E-state index is 0.461. The molecule has 0 aliphatic carbocycles. The van der Waals surface area contributed by atoms with Crippen LogP contribution in [0.1, 0.15) is 16.7 Å². The van der Waals surface area contributed by atoms with Crippen molar-refractivity contribution in [3.8, 4) is 6.07 Å². The molecule has 3 N–H and O–H groups in total. The Morgan fingerprint density at radius 1 is 1.39 bits per heavy atom. The van der Waals surface area contributed by atoms with Crippen molar-refractivity contribution in [1.82, 2.24) is 4.98 Å². The van der Waals surface area contributed by atoms with E-state index in [1.807, 2.05) is 25.1 Å². The number of aryl methyl sites for hydroxylation is 1. The zero-order chi connectivity index (χ0) is 13.0. The molecule has 0 saturated carbocycles. The van der Waals surface area contributed by atoms with E-state index in [4.69, 9.17) is 11.0 Å². The Hall–Kier alpha value is -2.54. The number of anilines is 2. The Morgan fingerprint density at radius 3 is 2.94 bits per heavy atom. The Morgan fingerprint density at radius 2 is 2.22 bits per heavy atom. The molecule has 0 saturated heterocycles. The van der Waals surface area contributed by atoms with Gasteiger partial charge in [-0.1, -0.05) is 29.8 Å². The van der Waals surface area contributed by atoms with Crippen molar-refractivity contribution in [2.24, 2.45) is 0 Å². The van der Waals surface area contributed by atoms with Crippen molar-refractivity contribution in [2.75, 3.05) is 11.1 Å². The summed E-state index contributed by atoms with van der Waals surface area (Å²) < 4.78 is 0. The van der Waals surface area contributed by atoms with Crippen LogP contribution in [0.4, 0.5) is 11.5 Å². The second-order valence-electron chi connectivity index (χ2n) is 4.12. The summed E-state index contributed by atoms with van der Waals surface area (Å²) >= 11 is 0. The number of hydrogen-bond acceptors (Lipinski definition) is 4. The smallest absolute Gasteiger partial charge is 0.144 e. The summed E-state index contributed by atoms with van der Waals surface area (Å²) in [5.41, 5.74) is 8.90. The van der Waals surface area contributed by atoms with Gasteiger partial charge in [-0.2, -0.15) is 5.26 Å². The molecular formula is C14H14N4. The summed E-state index contributed by atoms with van der Waals surface area (Å²) in [5, 5.41) is 12.1. The van der Waals surface area contributed by atoms with Gasteiger partial charge in [-0.05, 0) is 18.6 Å². The van der Waals surface area contributed by atoms with Crippen LogP contribution in [0.2, 0.25) is 0 Å².